The van der Waals surface area contributed by atoms with Gasteiger partial charge in [0.05, 0.1) is 0 Å². The number of nitrogens with zero attached hydrogens (tertiary/aromatic N) is 1. The standard InChI is InChI=1S/C12H26NS2/c1-5-7-14-11(3)9-13-10-12(4)15-8-6-2/h11-12H,5-10H2,1-4H3. The van der Waals surface area contributed by atoms with Crippen molar-refractivity contribution >= 4 is 23.5 Å². The lowest BCUT2D eigenvalue weighted by Crippen LogP contribution is -2.22. The molecule has 2 atom stereocenters. The van der Waals surface area contributed by atoms with E-state index in [4.69, 9.17) is 0 Å². The Bertz CT molecular complexity index is 117. The summed E-state index contributed by atoms with van der Waals surface area (Å²) in [7, 11) is 0. The third-order valence-electron chi connectivity index (χ3n) is 1.99. The van der Waals surface area contributed by atoms with Crippen LogP contribution in [-0.2, 0) is 0 Å². The molecule has 0 fully saturated rings. The number of hydrogen-bond donors (Lipinski definition) is 0. The van der Waals surface area contributed by atoms with E-state index in [9.17, 15) is 0 Å². The molecule has 91 valence electrons. The quantitative estimate of drug-likeness (QED) is 0.586. The Morgan fingerprint density at radius 2 is 1.27 bits per heavy atom. The van der Waals surface area contributed by atoms with Crippen LogP contribution in [0.15, 0.2) is 0 Å². The van der Waals surface area contributed by atoms with E-state index in [1.54, 1.807) is 0 Å². The van der Waals surface area contributed by atoms with Gasteiger partial charge < -0.3 is 0 Å². The second-order valence-electron chi connectivity index (χ2n) is 3.95. The van der Waals surface area contributed by atoms with Gasteiger partial charge in [-0.1, -0.05) is 27.7 Å². The fraction of sp³-hybridized carbons (Fsp3) is 1.00. The fourth-order valence-electron chi connectivity index (χ4n) is 1.18. The monoisotopic (exact) mass is 248 g/mol. The molecule has 0 spiro atoms. The highest BCUT2D eigenvalue weighted by atomic mass is 32.2. The van der Waals surface area contributed by atoms with Crippen LogP contribution in [0.5, 0.6) is 0 Å². The molecular formula is C12H26NS2. The van der Waals surface area contributed by atoms with Gasteiger partial charge in [0, 0.05) is 23.6 Å². The minimum Gasteiger partial charge on any atom is -0.240 e. The van der Waals surface area contributed by atoms with Crippen molar-refractivity contribution in [2.45, 2.75) is 51.0 Å². The van der Waals surface area contributed by atoms with Gasteiger partial charge in [0.25, 0.3) is 0 Å². The highest BCUT2D eigenvalue weighted by Gasteiger charge is 2.05. The molecule has 1 nitrogen and oxygen atoms in total. The first kappa shape index (κ1) is 15.7. The molecule has 1 radical (unpaired) electrons. The van der Waals surface area contributed by atoms with Gasteiger partial charge in [-0.15, -0.1) is 0 Å². The Labute approximate surface area is 105 Å². The van der Waals surface area contributed by atoms with Crippen LogP contribution in [-0.4, -0.2) is 35.1 Å². The largest absolute Gasteiger partial charge is 0.240 e. The molecule has 0 aliphatic rings. The molecule has 3 heteroatoms. The minimum atomic E-state index is 0.702. The van der Waals surface area contributed by atoms with Gasteiger partial charge in [0.15, 0.2) is 0 Å². The second kappa shape index (κ2) is 11.2. The lowest BCUT2D eigenvalue weighted by atomic mass is 10.4. The Hall–Kier alpha value is 0.660. The van der Waals surface area contributed by atoms with Gasteiger partial charge in [-0.3, -0.25) is 0 Å². The number of rotatable bonds is 10. The van der Waals surface area contributed by atoms with Crippen molar-refractivity contribution in [1.82, 2.24) is 5.32 Å². The van der Waals surface area contributed by atoms with Crippen molar-refractivity contribution < 1.29 is 0 Å². The minimum absolute atomic E-state index is 0.702. The summed E-state index contributed by atoms with van der Waals surface area (Å²) >= 11 is 4.09. The molecule has 0 N–H and O–H groups in total. The number of hydrogen-bond acceptors (Lipinski definition) is 2. The Kier molecular flexibility index (Phi) is 11.6. The third-order valence-corrected chi connectivity index (χ3v) is 4.71. The van der Waals surface area contributed by atoms with Crippen molar-refractivity contribution in [2.75, 3.05) is 24.6 Å². The maximum absolute atomic E-state index is 4.64. The van der Waals surface area contributed by atoms with Crippen LogP contribution in [0.2, 0.25) is 0 Å². The molecule has 0 bridgehead atoms. The molecule has 0 saturated heterocycles. The third kappa shape index (κ3) is 10.9. The molecular weight excluding hydrogens is 222 g/mol. The second-order valence-corrected chi connectivity index (χ2v) is 7.04. The molecule has 0 aliphatic heterocycles. The molecule has 0 aromatic heterocycles. The van der Waals surface area contributed by atoms with Crippen LogP contribution < -0.4 is 5.32 Å². The Balaban J connectivity index is 3.27. The zero-order valence-electron chi connectivity index (χ0n) is 10.7. The van der Waals surface area contributed by atoms with Crippen LogP contribution in [0.4, 0.5) is 0 Å². The highest BCUT2D eigenvalue weighted by molar-refractivity contribution is 8.00. The van der Waals surface area contributed by atoms with E-state index in [1.807, 2.05) is 23.5 Å². The van der Waals surface area contributed by atoms with Gasteiger partial charge in [-0.05, 0) is 24.3 Å². The first-order valence-electron chi connectivity index (χ1n) is 6.07. The van der Waals surface area contributed by atoms with Crippen molar-refractivity contribution in [2.24, 2.45) is 0 Å². The molecule has 0 heterocycles. The molecule has 0 rings (SSSR count). The van der Waals surface area contributed by atoms with Crippen LogP contribution >= 0.6 is 23.5 Å². The van der Waals surface area contributed by atoms with Crippen molar-refractivity contribution in [1.29, 1.82) is 0 Å². The predicted octanol–water partition coefficient (Wildman–Crippen LogP) is 3.65. The first-order chi connectivity index (χ1) is 7.20. The summed E-state index contributed by atoms with van der Waals surface area (Å²) in [4.78, 5) is 0. The summed E-state index contributed by atoms with van der Waals surface area (Å²) in [5.74, 6) is 2.55. The normalized spacial score (nSPS) is 15.2. The van der Waals surface area contributed by atoms with E-state index >= 15 is 0 Å². The van der Waals surface area contributed by atoms with Crippen molar-refractivity contribution in [3.8, 4) is 0 Å². The van der Waals surface area contributed by atoms with Crippen LogP contribution in [0, 0.1) is 0 Å². The molecule has 0 saturated carbocycles. The lowest BCUT2D eigenvalue weighted by molar-refractivity contribution is 0.663. The number of thioether (sulfide) groups is 2. The molecule has 0 aromatic rings. The smallest absolute Gasteiger partial charge is 0.0250 e. The molecule has 0 aliphatic carbocycles. The topological polar surface area (TPSA) is 14.1 Å². The predicted molar refractivity (Wildman–Crippen MR) is 76.3 cm³/mol. The maximum atomic E-state index is 4.64. The van der Waals surface area contributed by atoms with E-state index in [0.29, 0.717) is 10.5 Å². The average Bonchev–Trinajstić information content (AvgIpc) is 2.23. The highest BCUT2D eigenvalue weighted by Crippen LogP contribution is 2.13. The van der Waals surface area contributed by atoms with E-state index in [1.165, 1.54) is 24.3 Å². The van der Waals surface area contributed by atoms with Gasteiger partial charge in [-0.2, -0.15) is 23.5 Å². The van der Waals surface area contributed by atoms with E-state index in [-0.39, 0.29) is 0 Å². The Morgan fingerprint density at radius 1 is 0.867 bits per heavy atom. The van der Waals surface area contributed by atoms with Crippen molar-refractivity contribution in [3.63, 3.8) is 0 Å². The fourth-order valence-corrected chi connectivity index (χ4v) is 2.88. The summed E-state index contributed by atoms with van der Waals surface area (Å²) in [6.07, 6.45) is 2.55. The summed E-state index contributed by atoms with van der Waals surface area (Å²) in [6.45, 7) is 11.1. The summed E-state index contributed by atoms with van der Waals surface area (Å²) < 4.78 is 0. The van der Waals surface area contributed by atoms with Gasteiger partial charge >= 0.3 is 0 Å². The zero-order chi connectivity index (χ0) is 11.5. The average molecular weight is 248 g/mol. The Morgan fingerprint density at radius 3 is 1.60 bits per heavy atom. The molecule has 15 heavy (non-hydrogen) atoms. The summed E-state index contributed by atoms with van der Waals surface area (Å²) in [5.41, 5.74) is 0. The lowest BCUT2D eigenvalue weighted by Gasteiger charge is -2.13. The van der Waals surface area contributed by atoms with Gasteiger partial charge in [0.1, 0.15) is 0 Å². The van der Waals surface area contributed by atoms with E-state index in [0.717, 1.165) is 13.1 Å². The molecule has 0 amide bonds. The zero-order valence-corrected chi connectivity index (χ0v) is 12.3. The van der Waals surface area contributed by atoms with Gasteiger partial charge in [-0.25, -0.2) is 5.32 Å². The van der Waals surface area contributed by atoms with E-state index in [2.05, 4.69) is 33.0 Å². The van der Waals surface area contributed by atoms with Gasteiger partial charge in [0.2, 0.25) is 0 Å². The first-order valence-corrected chi connectivity index (χ1v) is 8.16. The van der Waals surface area contributed by atoms with E-state index < -0.39 is 0 Å². The molecule has 2 unspecified atom stereocenters. The summed E-state index contributed by atoms with van der Waals surface area (Å²) in [5, 5.41) is 6.04. The molecule has 0 aromatic carbocycles. The van der Waals surface area contributed by atoms with Crippen molar-refractivity contribution in [3.05, 3.63) is 0 Å². The van der Waals surface area contributed by atoms with Crippen LogP contribution in [0.3, 0.4) is 0 Å². The van der Waals surface area contributed by atoms with Crippen LogP contribution in [0.25, 0.3) is 0 Å². The van der Waals surface area contributed by atoms with Crippen LogP contribution in [0.1, 0.15) is 40.5 Å². The SMILES string of the molecule is CCCSC(C)C[N]CC(C)SCCC. The summed E-state index contributed by atoms with van der Waals surface area (Å²) in [6, 6.07) is 0. The maximum Gasteiger partial charge on any atom is 0.0250 e.